The van der Waals surface area contributed by atoms with Gasteiger partial charge in [0.1, 0.15) is 12.7 Å². The summed E-state index contributed by atoms with van der Waals surface area (Å²) in [6.07, 6.45) is 5.88. The number of halogens is 1. The maximum atomic E-state index is 4.19. The van der Waals surface area contributed by atoms with Crippen LogP contribution in [0.15, 0.2) is 17.4 Å². The molecule has 1 heterocycles. The van der Waals surface area contributed by atoms with E-state index in [2.05, 4.69) is 25.3 Å². The molecule has 1 aliphatic heterocycles. The lowest BCUT2D eigenvalue weighted by Crippen LogP contribution is -3.00. The zero-order chi connectivity index (χ0) is 6.04. The normalized spacial score (nSPS) is 30.4. The molecule has 1 unspecified atom stereocenters. The van der Waals surface area contributed by atoms with Crippen LogP contribution in [-0.2, 0) is 0 Å². The molecule has 0 aromatic carbocycles. The van der Waals surface area contributed by atoms with Gasteiger partial charge in [-0.05, 0) is 6.92 Å². The molecule has 52 valence electrons. The monoisotopic (exact) mass is 190 g/mol. The van der Waals surface area contributed by atoms with Crippen LogP contribution in [0.2, 0.25) is 0 Å². The lowest BCUT2D eigenvalue weighted by Gasteiger charge is -2.16. The SMILES string of the molecule is CC[N+]1(C)C=CC=N1.[Br-]. The van der Waals surface area contributed by atoms with Crippen LogP contribution in [0.5, 0.6) is 0 Å². The molecule has 0 fully saturated rings. The third-order valence-electron chi connectivity index (χ3n) is 1.46. The standard InChI is InChI=1S/C6H11N2.BrH/c1-3-8(2)6-4-5-7-8;/h4-6H,3H2,1-2H3;1H/q+1;/p-1. The van der Waals surface area contributed by atoms with Crippen LogP contribution in [0.1, 0.15) is 6.92 Å². The summed E-state index contributed by atoms with van der Waals surface area (Å²) in [7, 11) is 2.07. The molecule has 0 amide bonds. The maximum absolute atomic E-state index is 4.19. The van der Waals surface area contributed by atoms with Crippen LogP contribution in [0.3, 0.4) is 0 Å². The second-order valence-electron chi connectivity index (χ2n) is 2.14. The first-order valence-corrected chi connectivity index (χ1v) is 2.85. The highest BCUT2D eigenvalue weighted by atomic mass is 79.9. The summed E-state index contributed by atoms with van der Waals surface area (Å²) in [5.41, 5.74) is 0. The molecule has 1 atom stereocenters. The molecular formula is C6H11BrN2. The van der Waals surface area contributed by atoms with Crippen LogP contribution in [0.25, 0.3) is 0 Å². The van der Waals surface area contributed by atoms with Gasteiger partial charge in [0.15, 0.2) is 0 Å². The van der Waals surface area contributed by atoms with Crippen LogP contribution in [0.4, 0.5) is 0 Å². The molecule has 0 N–H and O–H groups in total. The smallest absolute Gasteiger partial charge is 0.124 e. The second kappa shape index (κ2) is 3.13. The van der Waals surface area contributed by atoms with Crippen molar-refractivity contribution in [3.05, 3.63) is 12.3 Å². The van der Waals surface area contributed by atoms with Crippen LogP contribution in [0, 0.1) is 0 Å². The lowest BCUT2D eigenvalue weighted by molar-refractivity contribution is -0.861. The third kappa shape index (κ3) is 1.91. The molecule has 2 nitrogen and oxygen atoms in total. The third-order valence-corrected chi connectivity index (χ3v) is 1.46. The van der Waals surface area contributed by atoms with E-state index in [9.17, 15) is 0 Å². The van der Waals surface area contributed by atoms with Crippen molar-refractivity contribution in [2.24, 2.45) is 5.10 Å². The van der Waals surface area contributed by atoms with E-state index >= 15 is 0 Å². The van der Waals surface area contributed by atoms with Gasteiger partial charge in [-0.3, -0.25) is 0 Å². The average molecular weight is 191 g/mol. The number of nitrogens with zero attached hydrogens (tertiary/aromatic N) is 2. The highest BCUT2D eigenvalue weighted by Crippen LogP contribution is 2.07. The van der Waals surface area contributed by atoms with Gasteiger partial charge in [-0.25, -0.2) is 0 Å². The fourth-order valence-corrected chi connectivity index (χ4v) is 0.640. The molecule has 0 saturated carbocycles. The van der Waals surface area contributed by atoms with Gasteiger partial charge < -0.3 is 17.0 Å². The first kappa shape index (κ1) is 8.85. The Kier molecular flexibility index (Phi) is 3.08. The van der Waals surface area contributed by atoms with Gasteiger partial charge in [0, 0.05) is 6.08 Å². The molecule has 0 aromatic heterocycles. The Hall–Kier alpha value is -0.150. The molecule has 0 bridgehead atoms. The molecule has 3 heteroatoms. The van der Waals surface area contributed by atoms with Crippen LogP contribution in [-0.4, -0.2) is 24.4 Å². The van der Waals surface area contributed by atoms with Gasteiger partial charge in [-0.2, -0.15) is 4.59 Å². The van der Waals surface area contributed by atoms with E-state index in [4.69, 9.17) is 0 Å². The minimum atomic E-state index is 0. The summed E-state index contributed by atoms with van der Waals surface area (Å²) >= 11 is 0. The number of hydrogen-bond donors (Lipinski definition) is 0. The number of allylic oxidation sites excluding steroid dienone is 1. The van der Waals surface area contributed by atoms with Crippen molar-refractivity contribution in [3.8, 4) is 0 Å². The molecule has 0 spiro atoms. The number of rotatable bonds is 1. The predicted octanol–water partition coefficient (Wildman–Crippen LogP) is -2.03. The fraction of sp³-hybridized carbons (Fsp3) is 0.500. The Morgan fingerprint density at radius 1 is 1.56 bits per heavy atom. The quantitative estimate of drug-likeness (QED) is 0.424. The number of quaternary nitrogens is 1. The van der Waals surface area contributed by atoms with Crippen LogP contribution < -0.4 is 17.0 Å². The lowest BCUT2D eigenvalue weighted by atomic mass is 10.6. The van der Waals surface area contributed by atoms with Crippen molar-refractivity contribution >= 4 is 6.21 Å². The van der Waals surface area contributed by atoms with E-state index in [-0.39, 0.29) is 17.0 Å². The van der Waals surface area contributed by atoms with Crippen molar-refractivity contribution in [2.45, 2.75) is 6.92 Å². The summed E-state index contributed by atoms with van der Waals surface area (Å²) in [4.78, 5) is 0. The van der Waals surface area contributed by atoms with Crippen molar-refractivity contribution < 1.29 is 21.6 Å². The largest absolute Gasteiger partial charge is 1.00 e. The summed E-state index contributed by atoms with van der Waals surface area (Å²) in [6, 6.07) is 0. The first-order chi connectivity index (χ1) is 3.77. The molecular weight excluding hydrogens is 180 g/mol. The van der Waals surface area contributed by atoms with Crippen molar-refractivity contribution in [1.82, 2.24) is 0 Å². The molecule has 9 heavy (non-hydrogen) atoms. The van der Waals surface area contributed by atoms with E-state index in [1.807, 2.05) is 12.3 Å². The Morgan fingerprint density at radius 3 is 2.44 bits per heavy atom. The minimum Gasteiger partial charge on any atom is -1.00 e. The Morgan fingerprint density at radius 2 is 2.22 bits per heavy atom. The van der Waals surface area contributed by atoms with Crippen molar-refractivity contribution in [3.63, 3.8) is 0 Å². The van der Waals surface area contributed by atoms with Crippen LogP contribution >= 0.6 is 0 Å². The van der Waals surface area contributed by atoms with Crippen molar-refractivity contribution in [2.75, 3.05) is 13.6 Å². The van der Waals surface area contributed by atoms with E-state index in [1.165, 1.54) is 0 Å². The highest BCUT2D eigenvalue weighted by Gasteiger charge is 2.15. The Balaban J connectivity index is 0.000000640. The van der Waals surface area contributed by atoms with Gasteiger partial charge in [0.05, 0.1) is 13.3 Å². The molecule has 1 aliphatic rings. The zero-order valence-electron chi connectivity index (χ0n) is 5.71. The topological polar surface area (TPSA) is 12.4 Å². The molecule has 0 aromatic rings. The average Bonchev–Trinajstić information content (AvgIpc) is 2.17. The minimum absolute atomic E-state index is 0. The number of hydrogen-bond acceptors (Lipinski definition) is 1. The molecule has 0 saturated heterocycles. The molecule has 0 radical (unpaired) electrons. The second-order valence-corrected chi connectivity index (χ2v) is 2.14. The van der Waals surface area contributed by atoms with E-state index in [0.717, 1.165) is 6.54 Å². The van der Waals surface area contributed by atoms with Gasteiger partial charge in [0.25, 0.3) is 0 Å². The van der Waals surface area contributed by atoms with Gasteiger partial charge in [-0.15, -0.1) is 0 Å². The summed E-state index contributed by atoms with van der Waals surface area (Å²) in [5.74, 6) is 0. The van der Waals surface area contributed by atoms with E-state index in [1.54, 1.807) is 0 Å². The van der Waals surface area contributed by atoms with Gasteiger partial charge in [-0.1, -0.05) is 5.10 Å². The van der Waals surface area contributed by atoms with Gasteiger partial charge >= 0.3 is 0 Å². The predicted molar refractivity (Wildman–Crippen MR) is 34.4 cm³/mol. The van der Waals surface area contributed by atoms with Crippen molar-refractivity contribution in [1.29, 1.82) is 0 Å². The highest BCUT2D eigenvalue weighted by molar-refractivity contribution is 5.71. The molecule has 1 rings (SSSR count). The maximum Gasteiger partial charge on any atom is 0.124 e. The zero-order valence-corrected chi connectivity index (χ0v) is 7.30. The Bertz CT molecular complexity index is 128. The van der Waals surface area contributed by atoms with E-state index in [0.29, 0.717) is 4.59 Å². The summed E-state index contributed by atoms with van der Waals surface area (Å²) in [6.45, 7) is 3.15. The Labute approximate surface area is 66.2 Å². The fourth-order valence-electron chi connectivity index (χ4n) is 0.640. The van der Waals surface area contributed by atoms with E-state index < -0.39 is 0 Å². The summed E-state index contributed by atoms with van der Waals surface area (Å²) < 4.78 is 0.708. The first-order valence-electron chi connectivity index (χ1n) is 2.85. The molecule has 0 aliphatic carbocycles. The van der Waals surface area contributed by atoms with Gasteiger partial charge in [0.2, 0.25) is 0 Å². The summed E-state index contributed by atoms with van der Waals surface area (Å²) in [5, 5.41) is 4.19.